The summed E-state index contributed by atoms with van der Waals surface area (Å²) < 4.78 is 13.0. The molecule has 0 aliphatic carbocycles. The van der Waals surface area contributed by atoms with Gasteiger partial charge in [-0.05, 0) is 43.1 Å². The van der Waals surface area contributed by atoms with E-state index in [0.29, 0.717) is 5.02 Å². The zero-order valence-corrected chi connectivity index (χ0v) is 8.65. The third kappa shape index (κ3) is 2.07. The van der Waals surface area contributed by atoms with E-state index in [2.05, 4.69) is 5.32 Å². The van der Waals surface area contributed by atoms with E-state index in [-0.39, 0.29) is 11.9 Å². The average molecular weight is 214 g/mol. The van der Waals surface area contributed by atoms with Crippen molar-refractivity contribution in [2.24, 2.45) is 0 Å². The maximum atomic E-state index is 13.0. The molecule has 0 unspecified atom stereocenters. The molecule has 1 fully saturated rings. The molecule has 0 saturated carbocycles. The predicted molar refractivity (Wildman–Crippen MR) is 56.0 cm³/mol. The highest BCUT2D eigenvalue weighted by atomic mass is 35.5. The van der Waals surface area contributed by atoms with Crippen LogP contribution in [0.25, 0.3) is 0 Å². The zero-order chi connectivity index (χ0) is 9.97. The summed E-state index contributed by atoms with van der Waals surface area (Å²) in [4.78, 5) is 0. The molecule has 1 nitrogen and oxygen atoms in total. The molecule has 1 aromatic rings. The van der Waals surface area contributed by atoms with Crippen molar-refractivity contribution in [1.82, 2.24) is 5.32 Å². The van der Waals surface area contributed by atoms with Crippen LogP contribution in [0.5, 0.6) is 0 Å². The number of hydrogen-bond acceptors (Lipinski definition) is 1. The first kappa shape index (κ1) is 9.94. The van der Waals surface area contributed by atoms with Crippen molar-refractivity contribution in [2.75, 3.05) is 6.54 Å². The van der Waals surface area contributed by atoms with Crippen LogP contribution in [0.3, 0.4) is 0 Å². The van der Waals surface area contributed by atoms with Gasteiger partial charge in [-0.1, -0.05) is 18.0 Å². The van der Waals surface area contributed by atoms with Crippen molar-refractivity contribution >= 4 is 11.6 Å². The van der Waals surface area contributed by atoms with Crippen molar-refractivity contribution < 1.29 is 4.39 Å². The van der Waals surface area contributed by atoms with Crippen LogP contribution in [0.15, 0.2) is 18.2 Å². The Morgan fingerprint density at radius 2 is 2.21 bits per heavy atom. The molecule has 1 heterocycles. The van der Waals surface area contributed by atoms with Crippen molar-refractivity contribution in [3.8, 4) is 0 Å². The molecule has 2 rings (SSSR count). The van der Waals surface area contributed by atoms with Crippen LogP contribution in [0.2, 0.25) is 5.02 Å². The molecular weight excluding hydrogens is 201 g/mol. The second-order valence-corrected chi connectivity index (χ2v) is 4.08. The fraction of sp³-hybridized carbons (Fsp3) is 0.455. The van der Waals surface area contributed by atoms with Crippen LogP contribution in [-0.4, -0.2) is 6.54 Å². The Balaban J connectivity index is 2.24. The summed E-state index contributed by atoms with van der Waals surface area (Å²) in [6.07, 6.45) is 3.43. The summed E-state index contributed by atoms with van der Waals surface area (Å²) in [5, 5.41) is 4.01. The SMILES string of the molecule is Fc1ccc(Cl)c([C@@H]2CCCCN2)c1. The van der Waals surface area contributed by atoms with Crippen LogP contribution in [0.1, 0.15) is 30.9 Å². The van der Waals surface area contributed by atoms with Gasteiger partial charge < -0.3 is 5.32 Å². The lowest BCUT2D eigenvalue weighted by molar-refractivity contribution is 0.411. The molecule has 3 heteroatoms. The zero-order valence-electron chi connectivity index (χ0n) is 7.89. The lowest BCUT2D eigenvalue weighted by atomic mass is 9.97. The average Bonchev–Trinajstić information content (AvgIpc) is 2.23. The summed E-state index contributed by atoms with van der Waals surface area (Å²) >= 11 is 6.02. The molecule has 1 aliphatic rings. The highest BCUT2D eigenvalue weighted by molar-refractivity contribution is 6.31. The van der Waals surface area contributed by atoms with E-state index in [1.54, 1.807) is 6.07 Å². The van der Waals surface area contributed by atoms with Crippen LogP contribution in [-0.2, 0) is 0 Å². The fourth-order valence-corrected chi connectivity index (χ4v) is 2.15. The normalized spacial score (nSPS) is 22.3. The maximum Gasteiger partial charge on any atom is 0.123 e. The minimum Gasteiger partial charge on any atom is -0.310 e. The molecule has 1 N–H and O–H groups in total. The minimum atomic E-state index is -0.211. The smallest absolute Gasteiger partial charge is 0.123 e. The number of benzene rings is 1. The number of rotatable bonds is 1. The van der Waals surface area contributed by atoms with E-state index in [0.717, 1.165) is 18.5 Å². The van der Waals surface area contributed by atoms with Gasteiger partial charge in [-0.25, -0.2) is 4.39 Å². The summed E-state index contributed by atoms with van der Waals surface area (Å²) in [6, 6.07) is 4.79. The Morgan fingerprint density at radius 1 is 1.36 bits per heavy atom. The minimum absolute atomic E-state index is 0.211. The number of halogens is 2. The highest BCUT2D eigenvalue weighted by Crippen LogP contribution is 2.29. The van der Waals surface area contributed by atoms with E-state index in [4.69, 9.17) is 11.6 Å². The Bertz CT molecular complexity index is 321. The van der Waals surface area contributed by atoms with Gasteiger partial charge in [0.25, 0.3) is 0 Å². The Labute approximate surface area is 88.3 Å². The van der Waals surface area contributed by atoms with Gasteiger partial charge in [0.1, 0.15) is 5.82 Å². The highest BCUT2D eigenvalue weighted by Gasteiger charge is 2.17. The summed E-state index contributed by atoms with van der Waals surface area (Å²) in [5.41, 5.74) is 0.895. The third-order valence-electron chi connectivity index (χ3n) is 2.64. The molecule has 1 atom stereocenters. The van der Waals surface area contributed by atoms with Crippen molar-refractivity contribution in [1.29, 1.82) is 0 Å². The molecule has 76 valence electrons. The van der Waals surface area contributed by atoms with Gasteiger partial charge in [0.15, 0.2) is 0 Å². The van der Waals surface area contributed by atoms with Crippen LogP contribution < -0.4 is 5.32 Å². The molecule has 1 aliphatic heterocycles. The van der Waals surface area contributed by atoms with Crippen molar-refractivity contribution in [3.05, 3.63) is 34.6 Å². The lowest BCUT2D eigenvalue weighted by Crippen LogP contribution is -2.27. The first-order valence-corrected chi connectivity index (χ1v) is 5.33. The fourth-order valence-electron chi connectivity index (χ4n) is 1.90. The molecule has 0 aromatic heterocycles. The van der Waals surface area contributed by atoms with Gasteiger partial charge in [-0.2, -0.15) is 0 Å². The topological polar surface area (TPSA) is 12.0 Å². The standard InChI is InChI=1S/C11H13ClFN/c12-10-5-4-8(13)7-9(10)11-3-1-2-6-14-11/h4-5,7,11,14H,1-3,6H2/t11-/m0/s1. The number of hydrogen-bond donors (Lipinski definition) is 1. The molecule has 0 radical (unpaired) electrons. The van der Waals surface area contributed by atoms with Gasteiger partial charge in [0.2, 0.25) is 0 Å². The van der Waals surface area contributed by atoms with Gasteiger partial charge in [0.05, 0.1) is 0 Å². The van der Waals surface area contributed by atoms with Gasteiger partial charge >= 0.3 is 0 Å². The summed E-state index contributed by atoms with van der Waals surface area (Å²) in [7, 11) is 0. The molecular formula is C11H13ClFN. The Hall–Kier alpha value is -0.600. The van der Waals surface area contributed by atoms with Gasteiger partial charge in [-0.15, -0.1) is 0 Å². The first-order valence-electron chi connectivity index (χ1n) is 4.96. The monoisotopic (exact) mass is 213 g/mol. The molecule has 14 heavy (non-hydrogen) atoms. The summed E-state index contributed by atoms with van der Waals surface area (Å²) in [5.74, 6) is -0.211. The largest absolute Gasteiger partial charge is 0.310 e. The van der Waals surface area contributed by atoms with E-state index >= 15 is 0 Å². The molecule has 0 amide bonds. The second-order valence-electron chi connectivity index (χ2n) is 3.67. The van der Waals surface area contributed by atoms with E-state index < -0.39 is 0 Å². The summed E-state index contributed by atoms with van der Waals surface area (Å²) in [6.45, 7) is 0.998. The lowest BCUT2D eigenvalue weighted by Gasteiger charge is -2.24. The maximum absolute atomic E-state index is 13.0. The van der Waals surface area contributed by atoms with Gasteiger partial charge in [0, 0.05) is 11.1 Å². The third-order valence-corrected chi connectivity index (χ3v) is 2.99. The Kier molecular flexibility index (Phi) is 3.04. The number of nitrogens with one attached hydrogen (secondary N) is 1. The molecule has 0 bridgehead atoms. The molecule has 0 spiro atoms. The first-order chi connectivity index (χ1) is 6.77. The van der Waals surface area contributed by atoms with Crippen molar-refractivity contribution in [3.63, 3.8) is 0 Å². The Morgan fingerprint density at radius 3 is 2.93 bits per heavy atom. The quantitative estimate of drug-likeness (QED) is 0.755. The second kappa shape index (κ2) is 4.28. The van der Waals surface area contributed by atoms with Crippen LogP contribution in [0, 0.1) is 5.82 Å². The van der Waals surface area contributed by atoms with E-state index in [1.807, 2.05) is 0 Å². The molecule has 1 aromatic carbocycles. The number of piperidine rings is 1. The van der Waals surface area contributed by atoms with E-state index in [1.165, 1.54) is 25.0 Å². The van der Waals surface area contributed by atoms with Crippen molar-refractivity contribution in [2.45, 2.75) is 25.3 Å². The molecule has 1 saturated heterocycles. The van der Waals surface area contributed by atoms with Crippen LogP contribution in [0.4, 0.5) is 4.39 Å². The van der Waals surface area contributed by atoms with Gasteiger partial charge in [-0.3, -0.25) is 0 Å². The predicted octanol–water partition coefficient (Wildman–Crippen LogP) is 3.29. The van der Waals surface area contributed by atoms with E-state index in [9.17, 15) is 4.39 Å². The van der Waals surface area contributed by atoms with Crippen LogP contribution >= 0.6 is 11.6 Å².